The molecule has 1 aromatic carbocycles. The van der Waals surface area contributed by atoms with E-state index in [4.69, 9.17) is 16.0 Å². The summed E-state index contributed by atoms with van der Waals surface area (Å²) in [6, 6.07) is 6.83. The Morgan fingerprint density at radius 2 is 1.94 bits per heavy atom. The van der Waals surface area contributed by atoms with Crippen molar-refractivity contribution in [1.82, 2.24) is 25.2 Å². The number of anilines is 2. The first kappa shape index (κ1) is 19.7. The van der Waals surface area contributed by atoms with E-state index in [0.29, 0.717) is 28.5 Å². The van der Waals surface area contributed by atoms with Gasteiger partial charge in [-0.2, -0.15) is 0 Å². The van der Waals surface area contributed by atoms with Gasteiger partial charge in [0.05, 0.1) is 16.9 Å². The summed E-state index contributed by atoms with van der Waals surface area (Å²) in [6.07, 6.45) is 7.03. The molecule has 0 radical (unpaired) electrons. The van der Waals surface area contributed by atoms with Crippen molar-refractivity contribution in [3.05, 3.63) is 59.6 Å². The lowest BCUT2D eigenvalue weighted by Crippen LogP contribution is -2.42. The fourth-order valence-corrected chi connectivity index (χ4v) is 3.77. The zero-order chi connectivity index (χ0) is 21.2. The third-order valence-corrected chi connectivity index (χ3v) is 5.55. The number of aromatic hydroxyl groups is 1. The summed E-state index contributed by atoms with van der Waals surface area (Å²) in [6.45, 7) is 4.85. The Balaban J connectivity index is 1.47. The van der Waals surface area contributed by atoms with Gasteiger partial charge in [-0.25, -0.2) is 9.97 Å². The molecule has 0 aliphatic carbocycles. The minimum Gasteiger partial charge on any atom is -0.506 e. The summed E-state index contributed by atoms with van der Waals surface area (Å²) >= 11 is 5.94. The minimum absolute atomic E-state index is 0.00352. The van der Waals surface area contributed by atoms with E-state index >= 15 is 0 Å². The molecule has 9 heteroatoms. The van der Waals surface area contributed by atoms with Crippen molar-refractivity contribution in [3.63, 3.8) is 0 Å². The first-order valence-electron chi connectivity index (χ1n) is 10.0. The smallest absolute Gasteiger partial charge is 0.197 e. The largest absolute Gasteiger partial charge is 0.506 e. The van der Waals surface area contributed by atoms with Crippen LogP contribution in [-0.4, -0.2) is 51.1 Å². The molecule has 0 amide bonds. The molecule has 1 saturated heterocycles. The highest BCUT2D eigenvalue weighted by molar-refractivity contribution is 6.32. The van der Waals surface area contributed by atoms with Gasteiger partial charge in [-0.15, -0.1) is 0 Å². The van der Waals surface area contributed by atoms with Crippen molar-refractivity contribution in [2.45, 2.75) is 6.54 Å². The van der Waals surface area contributed by atoms with E-state index in [1.807, 2.05) is 18.5 Å². The van der Waals surface area contributed by atoms with Crippen LogP contribution in [0.25, 0.3) is 22.6 Å². The van der Waals surface area contributed by atoms with E-state index in [2.05, 4.69) is 30.5 Å². The molecule has 5 rings (SSSR count). The number of nitrogens with zero attached hydrogens (tertiary/aromatic N) is 4. The molecule has 0 unspecified atom stereocenters. The number of hydrogen-bond donors (Lipinski definition) is 3. The molecular weight excluding hydrogens is 416 g/mol. The number of fused-ring (bicyclic) bond motifs is 1. The van der Waals surface area contributed by atoms with E-state index in [-0.39, 0.29) is 10.8 Å². The second kappa shape index (κ2) is 8.50. The van der Waals surface area contributed by atoms with E-state index in [1.165, 1.54) is 0 Å². The molecule has 1 aliphatic rings. The van der Waals surface area contributed by atoms with Gasteiger partial charge in [-0.05, 0) is 18.2 Å². The van der Waals surface area contributed by atoms with Crippen LogP contribution in [0, 0.1) is 0 Å². The van der Waals surface area contributed by atoms with Gasteiger partial charge in [0.15, 0.2) is 17.2 Å². The third kappa shape index (κ3) is 4.18. The molecule has 3 N–H and O–H groups in total. The summed E-state index contributed by atoms with van der Waals surface area (Å²) in [5, 5.41) is 17.7. The first-order chi connectivity index (χ1) is 15.2. The van der Waals surface area contributed by atoms with Gasteiger partial charge < -0.3 is 20.2 Å². The summed E-state index contributed by atoms with van der Waals surface area (Å²) in [7, 11) is 0. The zero-order valence-corrected chi connectivity index (χ0v) is 17.4. The number of benzene rings is 1. The summed E-state index contributed by atoms with van der Waals surface area (Å²) in [5.41, 5.74) is 3.04. The SMILES string of the molecule is Oc1cc(Nc2c(-c3ncc(CN4CCNCC4)cn3)oc3cnccc23)ccc1Cl. The molecule has 31 heavy (non-hydrogen) atoms. The lowest BCUT2D eigenvalue weighted by atomic mass is 10.2. The number of furan rings is 1. The van der Waals surface area contributed by atoms with E-state index in [1.54, 1.807) is 30.6 Å². The molecule has 0 saturated carbocycles. The van der Waals surface area contributed by atoms with Gasteiger partial charge in [-0.3, -0.25) is 9.88 Å². The van der Waals surface area contributed by atoms with Crippen LogP contribution in [0.2, 0.25) is 5.02 Å². The highest BCUT2D eigenvalue weighted by Crippen LogP contribution is 2.39. The molecule has 0 spiro atoms. The first-order valence-corrected chi connectivity index (χ1v) is 10.4. The van der Waals surface area contributed by atoms with Crippen LogP contribution in [0.5, 0.6) is 5.75 Å². The highest BCUT2D eigenvalue weighted by atomic mass is 35.5. The molecule has 158 valence electrons. The Hall–Kier alpha value is -3.20. The van der Waals surface area contributed by atoms with Crippen molar-refractivity contribution in [2.75, 3.05) is 31.5 Å². The summed E-state index contributed by atoms with van der Waals surface area (Å²) in [4.78, 5) is 15.7. The lowest BCUT2D eigenvalue weighted by Gasteiger charge is -2.26. The highest BCUT2D eigenvalue weighted by Gasteiger charge is 2.19. The maximum absolute atomic E-state index is 9.96. The van der Waals surface area contributed by atoms with Crippen LogP contribution in [0.3, 0.4) is 0 Å². The number of aromatic nitrogens is 3. The molecule has 4 aromatic rings. The molecule has 8 nitrogen and oxygen atoms in total. The predicted octanol–water partition coefficient (Wildman–Crippen LogP) is 3.79. The van der Waals surface area contributed by atoms with Crippen molar-refractivity contribution >= 4 is 33.9 Å². The third-order valence-electron chi connectivity index (χ3n) is 5.23. The minimum atomic E-state index is -0.00352. The van der Waals surface area contributed by atoms with Crippen LogP contribution in [0.4, 0.5) is 11.4 Å². The van der Waals surface area contributed by atoms with Gasteiger partial charge in [-0.1, -0.05) is 11.6 Å². The van der Waals surface area contributed by atoms with Gasteiger partial charge >= 0.3 is 0 Å². The molecule has 0 bridgehead atoms. The van der Waals surface area contributed by atoms with Crippen LogP contribution >= 0.6 is 11.6 Å². The monoisotopic (exact) mass is 436 g/mol. The van der Waals surface area contributed by atoms with Gasteiger partial charge in [0.2, 0.25) is 0 Å². The molecule has 1 aliphatic heterocycles. The number of rotatable bonds is 5. The Labute approximate surface area is 183 Å². The van der Waals surface area contributed by atoms with E-state index in [9.17, 15) is 5.11 Å². The van der Waals surface area contributed by atoms with Gasteiger partial charge in [0.1, 0.15) is 5.75 Å². The Kier molecular flexibility index (Phi) is 5.42. The van der Waals surface area contributed by atoms with Crippen molar-refractivity contribution < 1.29 is 9.52 Å². The predicted molar refractivity (Wildman–Crippen MR) is 120 cm³/mol. The molecular formula is C22H21ClN6O2. The molecule has 4 heterocycles. The normalized spacial score (nSPS) is 14.7. The Morgan fingerprint density at radius 1 is 1.13 bits per heavy atom. The van der Waals surface area contributed by atoms with Crippen molar-refractivity contribution in [1.29, 1.82) is 0 Å². The number of phenolic OH excluding ortho intramolecular Hbond substituents is 1. The average Bonchev–Trinajstić information content (AvgIpc) is 3.16. The molecule has 1 fully saturated rings. The lowest BCUT2D eigenvalue weighted by molar-refractivity contribution is 0.233. The van der Waals surface area contributed by atoms with Crippen molar-refractivity contribution in [3.8, 4) is 17.3 Å². The topological polar surface area (TPSA) is 99.3 Å². The molecule has 0 atom stereocenters. The Morgan fingerprint density at radius 3 is 2.71 bits per heavy atom. The Bertz CT molecular complexity index is 1200. The van der Waals surface area contributed by atoms with Crippen LogP contribution in [0.1, 0.15) is 5.56 Å². The number of phenols is 1. The second-order valence-corrected chi connectivity index (χ2v) is 7.82. The summed E-state index contributed by atoms with van der Waals surface area (Å²) < 4.78 is 6.04. The number of hydrogen-bond acceptors (Lipinski definition) is 8. The van der Waals surface area contributed by atoms with Crippen LogP contribution in [-0.2, 0) is 6.54 Å². The fraction of sp³-hybridized carbons (Fsp3) is 0.227. The van der Waals surface area contributed by atoms with Crippen LogP contribution < -0.4 is 10.6 Å². The number of pyridine rings is 1. The summed E-state index contributed by atoms with van der Waals surface area (Å²) in [5.74, 6) is 0.975. The van der Waals surface area contributed by atoms with Gasteiger partial charge in [0.25, 0.3) is 0 Å². The fourth-order valence-electron chi connectivity index (χ4n) is 3.65. The zero-order valence-electron chi connectivity index (χ0n) is 16.7. The standard InChI is InChI=1S/C22H21ClN6O2/c23-17-2-1-15(9-18(17)30)28-20-16-3-4-25-12-19(16)31-21(20)22-26-10-14(11-27-22)13-29-7-5-24-6-8-29/h1-4,9-12,24,28,30H,5-8,13H2. The van der Waals surface area contributed by atoms with Crippen LogP contribution in [0.15, 0.2) is 53.5 Å². The van der Waals surface area contributed by atoms with E-state index in [0.717, 1.165) is 43.7 Å². The second-order valence-electron chi connectivity index (χ2n) is 7.41. The maximum Gasteiger partial charge on any atom is 0.197 e. The number of nitrogens with one attached hydrogen (secondary N) is 2. The van der Waals surface area contributed by atoms with E-state index < -0.39 is 0 Å². The maximum atomic E-state index is 9.96. The van der Waals surface area contributed by atoms with Gasteiger partial charge in [0, 0.05) is 74.0 Å². The number of halogens is 1. The average molecular weight is 437 g/mol. The quantitative estimate of drug-likeness (QED) is 0.434. The molecule has 3 aromatic heterocycles. The number of piperazine rings is 1. The van der Waals surface area contributed by atoms with Crippen molar-refractivity contribution in [2.24, 2.45) is 0 Å².